The van der Waals surface area contributed by atoms with Crippen molar-refractivity contribution in [2.45, 2.75) is 19.8 Å². The number of hydrogen-bond donors (Lipinski definition) is 1. The Morgan fingerprint density at radius 2 is 2.24 bits per heavy atom. The van der Waals surface area contributed by atoms with Gasteiger partial charge < -0.3 is 10.0 Å². The highest BCUT2D eigenvalue weighted by molar-refractivity contribution is 9.10. The van der Waals surface area contributed by atoms with Crippen LogP contribution < -0.4 is 4.90 Å². The van der Waals surface area contributed by atoms with Crippen molar-refractivity contribution in [2.75, 3.05) is 18.0 Å². The van der Waals surface area contributed by atoms with Gasteiger partial charge in [-0.2, -0.15) is 0 Å². The second-order valence-corrected chi connectivity index (χ2v) is 6.43. The Kier molecular flexibility index (Phi) is 3.61. The molecule has 0 spiro atoms. The maximum atomic E-state index is 11.6. The standard InChI is InChI=1S/C16H17BrN2O2/c1-2-16(15(20)21)7-9-19(10-16)14-12-4-3-5-13(17)11(12)6-8-18-14/h3-6,8H,2,7,9-10H2,1H3,(H,20,21). The molecule has 1 atom stereocenters. The lowest BCUT2D eigenvalue weighted by Crippen LogP contribution is -2.34. The number of carboxylic acids is 1. The van der Waals surface area contributed by atoms with E-state index in [4.69, 9.17) is 0 Å². The lowest BCUT2D eigenvalue weighted by atomic mass is 9.84. The zero-order valence-corrected chi connectivity index (χ0v) is 13.4. The Morgan fingerprint density at radius 1 is 1.43 bits per heavy atom. The number of fused-ring (bicyclic) bond motifs is 1. The first-order valence-corrected chi connectivity index (χ1v) is 7.88. The Balaban J connectivity index is 2.03. The van der Waals surface area contributed by atoms with Crippen LogP contribution in [0.15, 0.2) is 34.9 Å². The molecule has 1 aliphatic rings. The number of pyridine rings is 1. The first kappa shape index (κ1) is 14.3. The van der Waals surface area contributed by atoms with Crippen LogP contribution in [0.5, 0.6) is 0 Å². The molecule has 1 aliphatic heterocycles. The molecule has 1 aromatic heterocycles. The number of halogens is 1. The van der Waals surface area contributed by atoms with Crippen LogP contribution in [-0.2, 0) is 4.79 Å². The fourth-order valence-corrected chi connectivity index (χ4v) is 3.57. The maximum absolute atomic E-state index is 11.6. The van der Waals surface area contributed by atoms with Crippen molar-refractivity contribution in [3.05, 3.63) is 34.9 Å². The molecule has 2 aromatic rings. The molecule has 0 radical (unpaired) electrons. The summed E-state index contributed by atoms with van der Waals surface area (Å²) in [5.41, 5.74) is -0.643. The number of aromatic nitrogens is 1. The van der Waals surface area contributed by atoms with Gasteiger partial charge >= 0.3 is 5.97 Å². The van der Waals surface area contributed by atoms with E-state index in [2.05, 4.69) is 25.8 Å². The minimum absolute atomic E-state index is 0.525. The maximum Gasteiger partial charge on any atom is 0.311 e. The van der Waals surface area contributed by atoms with Crippen molar-refractivity contribution < 1.29 is 9.90 Å². The number of anilines is 1. The molecule has 0 saturated carbocycles. The lowest BCUT2D eigenvalue weighted by molar-refractivity contribution is -0.147. The molecule has 3 rings (SSSR count). The van der Waals surface area contributed by atoms with Crippen LogP contribution in [0.2, 0.25) is 0 Å². The molecule has 21 heavy (non-hydrogen) atoms. The average Bonchev–Trinajstić information content (AvgIpc) is 2.93. The largest absolute Gasteiger partial charge is 0.481 e. The molecule has 1 saturated heterocycles. The summed E-state index contributed by atoms with van der Waals surface area (Å²) in [6.45, 7) is 3.21. The number of aliphatic carboxylic acids is 1. The lowest BCUT2D eigenvalue weighted by Gasteiger charge is -2.24. The van der Waals surface area contributed by atoms with Gasteiger partial charge in [0, 0.05) is 34.5 Å². The zero-order valence-electron chi connectivity index (χ0n) is 11.8. The molecule has 2 heterocycles. The Hall–Kier alpha value is -1.62. The van der Waals surface area contributed by atoms with Gasteiger partial charge in [0.1, 0.15) is 5.82 Å². The van der Waals surface area contributed by atoms with Crippen molar-refractivity contribution in [1.29, 1.82) is 0 Å². The summed E-state index contributed by atoms with van der Waals surface area (Å²) >= 11 is 3.56. The molecular weight excluding hydrogens is 332 g/mol. The van der Waals surface area contributed by atoms with E-state index in [1.54, 1.807) is 6.20 Å². The van der Waals surface area contributed by atoms with E-state index in [0.29, 0.717) is 19.4 Å². The van der Waals surface area contributed by atoms with E-state index in [9.17, 15) is 9.90 Å². The van der Waals surface area contributed by atoms with Gasteiger partial charge in [0.05, 0.1) is 5.41 Å². The van der Waals surface area contributed by atoms with Crippen LogP contribution in [0.1, 0.15) is 19.8 Å². The first-order valence-electron chi connectivity index (χ1n) is 7.09. The van der Waals surface area contributed by atoms with Crippen LogP contribution in [-0.4, -0.2) is 29.1 Å². The summed E-state index contributed by atoms with van der Waals surface area (Å²) in [7, 11) is 0. The summed E-state index contributed by atoms with van der Waals surface area (Å²) < 4.78 is 1.03. The van der Waals surface area contributed by atoms with Crippen LogP contribution in [0, 0.1) is 5.41 Å². The fraction of sp³-hybridized carbons (Fsp3) is 0.375. The van der Waals surface area contributed by atoms with Crippen molar-refractivity contribution in [3.8, 4) is 0 Å². The number of carboxylic acid groups (broad SMARTS) is 1. The minimum Gasteiger partial charge on any atom is -0.481 e. The van der Waals surface area contributed by atoms with E-state index in [1.165, 1.54) is 0 Å². The number of carbonyl (C=O) groups is 1. The number of benzene rings is 1. The van der Waals surface area contributed by atoms with Gasteiger partial charge in [-0.1, -0.05) is 35.0 Å². The molecule has 1 unspecified atom stereocenters. The quantitative estimate of drug-likeness (QED) is 0.918. The van der Waals surface area contributed by atoms with Crippen LogP contribution in [0.25, 0.3) is 10.8 Å². The van der Waals surface area contributed by atoms with E-state index in [-0.39, 0.29) is 0 Å². The van der Waals surface area contributed by atoms with Crippen LogP contribution in [0.4, 0.5) is 5.82 Å². The molecule has 0 amide bonds. The molecule has 0 aliphatic carbocycles. The van der Waals surface area contributed by atoms with Crippen molar-refractivity contribution in [2.24, 2.45) is 5.41 Å². The highest BCUT2D eigenvalue weighted by Crippen LogP contribution is 2.38. The number of rotatable bonds is 3. The highest BCUT2D eigenvalue weighted by atomic mass is 79.9. The van der Waals surface area contributed by atoms with Crippen molar-refractivity contribution >= 4 is 38.5 Å². The van der Waals surface area contributed by atoms with E-state index in [0.717, 1.165) is 27.6 Å². The third-order valence-corrected chi connectivity index (χ3v) is 5.21. The Morgan fingerprint density at radius 3 is 2.90 bits per heavy atom. The highest BCUT2D eigenvalue weighted by Gasteiger charge is 2.43. The second-order valence-electron chi connectivity index (χ2n) is 5.58. The third kappa shape index (κ3) is 2.29. The predicted octanol–water partition coefficient (Wildman–Crippen LogP) is 3.69. The van der Waals surface area contributed by atoms with Gasteiger partial charge in [0.15, 0.2) is 0 Å². The summed E-state index contributed by atoms with van der Waals surface area (Å²) in [6, 6.07) is 8.00. The smallest absolute Gasteiger partial charge is 0.311 e. The number of nitrogens with zero attached hydrogens (tertiary/aromatic N) is 2. The summed E-state index contributed by atoms with van der Waals surface area (Å²) in [5.74, 6) is 0.180. The van der Waals surface area contributed by atoms with E-state index < -0.39 is 11.4 Å². The zero-order chi connectivity index (χ0) is 15.0. The predicted molar refractivity (Wildman–Crippen MR) is 86.6 cm³/mol. The Bertz CT molecular complexity index is 704. The van der Waals surface area contributed by atoms with Gasteiger partial charge in [-0.25, -0.2) is 4.98 Å². The van der Waals surface area contributed by atoms with Gasteiger partial charge in [-0.05, 0) is 25.0 Å². The molecule has 1 fully saturated rings. The molecule has 1 aromatic carbocycles. The topological polar surface area (TPSA) is 53.4 Å². The SMILES string of the molecule is CCC1(C(=O)O)CCN(c2nccc3c(Br)cccc23)C1. The second kappa shape index (κ2) is 5.30. The van der Waals surface area contributed by atoms with Crippen LogP contribution >= 0.6 is 15.9 Å². The van der Waals surface area contributed by atoms with Crippen molar-refractivity contribution in [1.82, 2.24) is 4.98 Å². The molecule has 5 heteroatoms. The normalized spacial score (nSPS) is 21.9. The third-order valence-electron chi connectivity index (χ3n) is 4.52. The average molecular weight is 349 g/mol. The minimum atomic E-state index is -0.700. The Labute approximate surface area is 131 Å². The van der Waals surface area contributed by atoms with Gasteiger partial charge in [-0.15, -0.1) is 0 Å². The fourth-order valence-electron chi connectivity index (χ4n) is 3.07. The van der Waals surface area contributed by atoms with Gasteiger partial charge in [0.25, 0.3) is 0 Å². The molecular formula is C16H17BrN2O2. The molecule has 0 bridgehead atoms. The van der Waals surface area contributed by atoms with Crippen molar-refractivity contribution in [3.63, 3.8) is 0 Å². The van der Waals surface area contributed by atoms with E-state index >= 15 is 0 Å². The molecule has 110 valence electrons. The van der Waals surface area contributed by atoms with Crippen LogP contribution in [0.3, 0.4) is 0 Å². The summed E-state index contributed by atoms with van der Waals surface area (Å²) in [4.78, 5) is 18.2. The van der Waals surface area contributed by atoms with E-state index in [1.807, 2.05) is 31.2 Å². The molecule has 4 nitrogen and oxygen atoms in total. The first-order chi connectivity index (χ1) is 10.1. The molecule has 1 N–H and O–H groups in total. The van der Waals surface area contributed by atoms with Gasteiger partial charge in [0.2, 0.25) is 0 Å². The monoisotopic (exact) mass is 348 g/mol. The number of hydrogen-bond acceptors (Lipinski definition) is 3. The van der Waals surface area contributed by atoms with Gasteiger partial charge in [-0.3, -0.25) is 4.79 Å². The summed E-state index contributed by atoms with van der Waals surface area (Å²) in [6.07, 6.45) is 3.10. The summed E-state index contributed by atoms with van der Waals surface area (Å²) in [5, 5.41) is 11.7.